The molecule has 2 N–H and O–H groups in total. The van der Waals surface area contributed by atoms with Crippen molar-refractivity contribution < 1.29 is 4.79 Å². The summed E-state index contributed by atoms with van der Waals surface area (Å²) in [5, 5.41) is 6.45. The number of hydrogen-bond acceptors (Lipinski definition) is 3. The fraction of sp³-hybridized carbons (Fsp3) is 0.533. The van der Waals surface area contributed by atoms with Gasteiger partial charge in [-0.25, -0.2) is 0 Å². The summed E-state index contributed by atoms with van der Waals surface area (Å²) in [6.45, 7) is 6.14. The van der Waals surface area contributed by atoms with E-state index in [1.165, 1.54) is 5.56 Å². The van der Waals surface area contributed by atoms with Crippen LogP contribution < -0.4 is 15.5 Å². The molecular weight excluding hydrogens is 238 g/mol. The summed E-state index contributed by atoms with van der Waals surface area (Å²) >= 11 is 0. The first-order chi connectivity index (χ1) is 8.95. The summed E-state index contributed by atoms with van der Waals surface area (Å²) in [5.74, 6) is 0.179. The number of rotatable bonds is 5. The SMILES string of the molecule is CNCNCC(C)(C)c1ccc2c(c1)CC(=O)N2C. The van der Waals surface area contributed by atoms with E-state index in [9.17, 15) is 4.79 Å². The third kappa shape index (κ3) is 2.80. The Morgan fingerprint density at radius 2 is 2.11 bits per heavy atom. The number of carbonyl (C=O) groups excluding carboxylic acids is 1. The molecule has 1 amide bonds. The molecule has 0 saturated heterocycles. The zero-order chi connectivity index (χ0) is 14.0. The van der Waals surface area contributed by atoms with Crippen molar-refractivity contribution in [2.45, 2.75) is 25.7 Å². The molecule has 1 aromatic carbocycles. The molecule has 1 aliphatic heterocycles. The second kappa shape index (κ2) is 5.31. The van der Waals surface area contributed by atoms with Crippen LogP contribution in [0.1, 0.15) is 25.0 Å². The van der Waals surface area contributed by atoms with Gasteiger partial charge in [0.05, 0.1) is 6.42 Å². The average Bonchev–Trinajstić information content (AvgIpc) is 2.65. The fourth-order valence-electron chi connectivity index (χ4n) is 2.49. The second-order valence-electron chi connectivity index (χ2n) is 5.81. The summed E-state index contributed by atoms with van der Waals surface area (Å²) < 4.78 is 0. The first-order valence-corrected chi connectivity index (χ1v) is 6.71. The number of likely N-dealkylation sites (N-methyl/N-ethyl adjacent to an activating group) is 1. The van der Waals surface area contributed by atoms with Gasteiger partial charge in [0.15, 0.2) is 0 Å². The Morgan fingerprint density at radius 1 is 1.37 bits per heavy atom. The van der Waals surface area contributed by atoms with Crippen molar-refractivity contribution in [1.82, 2.24) is 10.6 Å². The Labute approximate surface area is 115 Å². The largest absolute Gasteiger partial charge is 0.315 e. The van der Waals surface area contributed by atoms with Crippen LogP contribution in [0.4, 0.5) is 5.69 Å². The molecule has 1 aliphatic rings. The number of benzene rings is 1. The molecule has 2 rings (SSSR count). The van der Waals surface area contributed by atoms with Crippen molar-refractivity contribution in [3.63, 3.8) is 0 Å². The number of fused-ring (bicyclic) bond motifs is 1. The second-order valence-corrected chi connectivity index (χ2v) is 5.81. The molecule has 0 fully saturated rings. The number of hydrogen-bond donors (Lipinski definition) is 2. The molecular formula is C15H23N3O. The summed E-state index contributed by atoms with van der Waals surface area (Å²) in [5.41, 5.74) is 3.52. The third-order valence-electron chi connectivity index (χ3n) is 3.81. The van der Waals surface area contributed by atoms with E-state index >= 15 is 0 Å². The van der Waals surface area contributed by atoms with Crippen LogP contribution in [0.3, 0.4) is 0 Å². The van der Waals surface area contributed by atoms with Crippen molar-refractivity contribution in [3.8, 4) is 0 Å². The standard InChI is InChI=1S/C15H23N3O/c1-15(2,9-17-10-16-3)12-5-6-13-11(7-12)8-14(19)18(13)4/h5-7,16-17H,8-10H2,1-4H3. The van der Waals surface area contributed by atoms with Crippen molar-refractivity contribution in [2.75, 3.05) is 32.2 Å². The zero-order valence-electron chi connectivity index (χ0n) is 12.2. The molecule has 0 radical (unpaired) electrons. The quantitative estimate of drug-likeness (QED) is 0.619. The van der Waals surface area contributed by atoms with Crippen LogP contribution >= 0.6 is 0 Å². The monoisotopic (exact) mass is 261 g/mol. The maximum atomic E-state index is 11.7. The molecule has 19 heavy (non-hydrogen) atoms. The van der Waals surface area contributed by atoms with Gasteiger partial charge >= 0.3 is 0 Å². The zero-order valence-corrected chi connectivity index (χ0v) is 12.2. The van der Waals surface area contributed by atoms with Crippen LogP contribution in [0.25, 0.3) is 0 Å². The summed E-state index contributed by atoms with van der Waals surface area (Å²) in [6, 6.07) is 6.38. The van der Waals surface area contributed by atoms with Gasteiger partial charge in [0.25, 0.3) is 0 Å². The highest BCUT2D eigenvalue weighted by molar-refractivity contribution is 6.00. The number of nitrogens with one attached hydrogen (secondary N) is 2. The molecule has 104 valence electrons. The predicted molar refractivity (Wildman–Crippen MR) is 78.5 cm³/mol. The molecule has 0 unspecified atom stereocenters. The normalized spacial score (nSPS) is 14.9. The molecule has 0 saturated carbocycles. The molecule has 0 aliphatic carbocycles. The van der Waals surface area contributed by atoms with Crippen LogP contribution in [0.2, 0.25) is 0 Å². The summed E-state index contributed by atoms with van der Waals surface area (Å²) in [7, 11) is 3.77. The van der Waals surface area contributed by atoms with E-state index < -0.39 is 0 Å². The van der Waals surface area contributed by atoms with E-state index in [-0.39, 0.29) is 11.3 Å². The van der Waals surface area contributed by atoms with Gasteiger partial charge in [-0.1, -0.05) is 26.0 Å². The Kier molecular flexibility index (Phi) is 3.92. The topological polar surface area (TPSA) is 44.4 Å². The van der Waals surface area contributed by atoms with E-state index in [0.29, 0.717) is 6.42 Å². The maximum absolute atomic E-state index is 11.7. The maximum Gasteiger partial charge on any atom is 0.231 e. The number of amides is 1. The molecule has 0 aromatic heterocycles. The molecule has 4 nitrogen and oxygen atoms in total. The minimum Gasteiger partial charge on any atom is -0.315 e. The lowest BCUT2D eigenvalue weighted by atomic mass is 9.83. The lowest BCUT2D eigenvalue weighted by molar-refractivity contribution is -0.117. The van der Waals surface area contributed by atoms with Crippen LogP contribution in [0.15, 0.2) is 18.2 Å². The Bertz CT molecular complexity index is 482. The number of carbonyl (C=O) groups is 1. The molecule has 1 heterocycles. The average molecular weight is 261 g/mol. The van der Waals surface area contributed by atoms with Crippen molar-refractivity contribution in [2.24, 2.45) is 0 Å². The van der Waals surface area contributed by atoms with Crippen molar-refractivity contribution in [1.29, 1.82) is 0 Å². The van der Waals surface area contributed by atoms with Crippen LogP contribution in [-0.4, -0.2) is 33.2 Å². The first-order valence-electron chi connectivity index (χ1n) is 6.71. The summed E-state index contributed by atoms with van der Waals surface area (Å²) in [6.07, 6.45) is 0.527. The first kappa shape index (κ1) is 14.0. The third-order valence-corrected chi connectivity index (χ3v) is 3.81. The van der Waals surface area contributed by atoms with E-state index in [1.807, 2.05) is 14.1 Å². The van der Waals surface area contributed by atoms with Gasteiger partial charge in [-0.3, -0.25) is 4.79 Å². The van der Waals surface area contributed by atoms with Crippen molar-refractivity contribution >= 4 is 11.6 Å². The molecule has 0 bridgehead atoms. The van der Waals surface area contributed by atoms with Gasteiger partial charge in [0, 0.05) is 31.4 Å². The van der Waals surface area contributed by atoms with Gasteiger partial charge in [-0.05, 0) is 24.2 Å². The Balaban J connectivity index is 2.18. The van der Waals surface area contributed by atoms with E-state index in [0.717, 1.165) is 24.5 Å². The van der Waals surface area contributed by atoms with E-state index in [1.54, 1.807) is 4.90 Å². The molecule has 1 aromatic rings. The van der Waals surface area contributed by atoms with E-state index in [2.05, 4.69) is 42.7 Å². The van der Waals surface area contributed by atoms with Gasteiger partial charge in [-0.2, -0.15) is 0 Å². The van der Waals surface area contributed by atoms with Crippen LogP contribution in [-0.2, 0) is 16.6 Å². The Hall–Kier alpha value is -1.39. The molecule has 4 heteroatoms. The molecule has 0 atom stereocenters. The highest BCUT2D eigenvalue weighted by atomic mass is 16.2. The minimum absolute atomic E-state index is 0.0517. The lowest BCUT2D eigenvalue weighted by Gasteiger charge is -2.26. The number of nitrogens with zero attached hydrogens (tertiary/aromatic N) is 1. The fourth-order valence-corrected chi connectivity index (χ4v) is 2.49. The highest BCUT2D eigenvalue weighted by Crippen LogP contribution is 2.32. The van der Waals surface area contributed by atoms with Gasteiger partial charge < -0.3 is 15.5 Å². The van der Waals surface area contributed by atoms with Crippen LogP contribution in [0.5, 0.6) is 0 Å². The van der Waals surface area contributed by atoms with E-state index in [4.69, 9.17) is 0 Å². The smallest absolute Gasteiger partial charge is 0.231 e. The number of anilines is 1. The molecule has 0 spiro atoms. The van der Waals surface area contributed by atoms with Gasteiger partial charge in [0.2, 0.25) is 5.91 Å². The Morgan fingerprint density at radius 3 is 2.79 bits per heavy atom. The van der Waals surface area contributed by atoms with Gasteiger partial charge in [0.1, 0.15) is 0 Å². The highest BCUT2D eigenvalue weighted by Gasteiger charge is 2.27. The predicted octanol–water partition coefficient (Wildman–Crippen LogP) is 1.25. The lowest BCUT2D eigenvalue weighted by Crippen LogP contribution is -2.37. The summed E-state index contributed by atoms with van der Waals surface area (Å²) in [4.78, 5) is 13.4. The van der Waals surface area contributed by atoms with Crippen molar-refractivity contribution in [3.05, 3.63) is 29.3 Å². The minimum atomic E-state index is 0.0517. The van der Waals surface area contributed by atoms with Crippen LogP contribution in [0, 0.1) is 0 Å². The van der Waals surface area contributed by atoms with Gasteiger partial charge in [-0.15, -0.1) is 0 Å².